The Hall–Kier alpha value is -3.03. The van der Waals surface area contributed by atoms with E-state index in [-0.39, 0.29) is 5.91 Å². The normalized spacial score (nSPS) is 15.1. The molecule has 8 heteroatoms. The molecule has 0 unspecified atom stereocenters. The van der Waals surface area contributed by atoms with Crippen LogP contribution in [0, 0.1) is 0 Å². The Morgan fingerprint density at radius 1 is 1.07 bits per heavy atom. The number of benzene rings is 2. The number of hydrogen-bond acceptors (Lipinski definition) is 4. The van der Waals surface area contributed by atoms with E-state index in [0.717, 1.165) is 17.7 Å². The Balaban J connectivity index is 1.62. The van der Waals surface area contributed by atoms with Gasteiger partial charge in [-0.25, -0.2) is 0 Å². The van der Waals surface area contributed by atoms with E-state index in [2.05, 4.69) is 9.99 Å². The van der Waals surface area contributed by atoms with Crippen LogP contribution in [0.1, 0.15) is 21.5 Å². The summed E-state index contributed by atoms with van der Waals surface area (Å²) in [4.78, 5) is 20.8. The molecule has 3 rings (SSSR count). The van der Waals surface area contributed by atoms with E-state index in [0.29, 0.717) is 37.4 Å². The molecule has 2 aromatic carbocycles. The van der Waals surface area contributed by atoms with Crippen LogP contribution in [0.4, 0.5) is 18.9 Å². The SMILES string of the molecule is CO/N=C/c1ccc(C(=O)N2CCN(c3cccc(C(F)(F)F)c3)CC2)cc1. The van der Waals surface area contributed by atoms with Crippen molar-refractivity contribution in [3.8, 4) is 0 Å². The van der Waals surface area contributed by atoms with Crippen LogP contribution in [0.2, 0.25) is 0 Å². The topological polar surface area (TPSA) is 45.1 Å². The summed E-state index contributed by atoms with van der Waals surface area (Å²) in [6.45, 7) is 1.85. The molecular weight excluding hydrogens is 371 g/mol. The van der Waals surface area contributed by atoms with Gasteiger partial charge in [0.05, 0.1) is 11.8 Å². The molecule has 0 spiro atoms. The van der Waals surface area contributed by atoms with Gasteiger partial charge in [-0.2, -0.15) is 13.2 Å². The summed E-state index contributed by atoms with van der Waals surface area (Å²) in [7, 11) is 1.45. The second-order valence-electron chi connectivity index (χ2n) is 6.37. The van der Waals surface area contributed by atoms with Gasteiger partial charge in [0.1, 0.15) is 7.11 Å². The van der Waals surface area contributed by atoms with Crippen molar-refractivity contribution in [2.75, 3.05) is 38.2 Å². The second-order valence-corrected chi connectivity index (χ2v) is 6.37. The van der Waals surface area contributed by atoms with Gasteiger partial charge in [0.25, 0.3) is 5.91 Å². The van der Waals surface area contributed by atoms with Crippen molar-refractivity contribution < 1.29 is 22.8 Å². The highest BCUT2D eigenvalue weighted by molar-refractivity contribution is 5.95. The van der Waals surface area contributed by atoms with E-state index in [9.17, 15) is 18.0 Å². The average Bonchev–Trinajstić information content (AvgIpc) is 2.72. The van der Waals surface area contributed by atoms with Gasteiger partial charge in [0.2, 0.25) is 0 Å². The van der Waals surface area contributed by atoms with E-state index in [1.165, 1.54) is 13.2 Å². The summed E-state index contributed by atoms with van der Waals surface area (Å²) in [6, 6.07) is 12.3. The molecule has 0 aromatic heterocycles. The highest BCUT2D eigenvalue weighted by atomic mass is 19.4. The number of anilines is 1. The lowest BCUT2D eigenvalue weighted by molar-refractivity contribution is -0.137. The molecule has 28 heavy (non-hydrogen) atoms. The van der Waals surface area contributed by atoms with Crippen LogP contribution in [0.15, 0.2) is 53.7 Å². The molecule has 0 N–H and O–H groups in total. The van der Waals surface area contributed by atoms with Crippen molar-refractivity contribution >= 4 is 17.8 Å². The van der Waals surface area contributed by atoms with Crippen molar-refractivity contribution in [2.24, 2.45) is 5.16 Å². The van der Waals surface area contributed by atoms with Crippen LogP contribution in [0.25, 0.3) is 0 Å². The minimum atomic E-state index is -4.37. The molecule has 1 heterocycles. The van der Waals surface area contributed by atoms with Gasteiger partial charge in [0, 0.05) is 37.4 Å². The van der Waals surface area contributed by atoms with Crippen LogP contribution < -0.4 is 4.90 Å². The standard InChI is InChI=1S/C20H20F3N3O2/c1-28-24-14-15-5-7-16(8-6-15)19(27)26-11-9-25(10-12-26)18-4-2-3-17(13-18)20(21,22)23/h2-8,13-14H,9-12H2,1H3/b24-14+. The lowest BCUT2D eigenvalue weighted by atomic mass is 10.1. The Morgan fingerprint density at radius 3 is 2.36 bits per heavy atom. The van der Waals surface area contributed by atoms with Gasteiger partial charge >= 0.3 is 6.18 Å². The predicted molar refractivity (Wildman–Crippen MR) is 101 cm³/mol. The van der Waals surface area contributed by atoms with Gasteiger partial charge in [-0.15, -0.1) is 0 Å². The first-order chi connectivity index (χ1) is 13.4. The molecule has 0 atom stereocenters. The summed E-state index contributed by atoms with van der Waals surface area (Å²) < 4.78 is 38.7. The van der Waals surface area contributed by atoms with Crippen molar-refractivity contribution in [1.82, 2.24) is 4.90 Å². The summed E-state index contributed by atoms with van der Waals surface area (Å²) in [5.41, 5.74) is 1.22. The zero-order chi connectivity index (χ0) is 20.1. The highest BCUT2D eigenvalue weighted by Crippen LogP contribution is 2.31. The molecule has 2 aromatic rings. The molecule has 1 fully saturated rings. The summed E-state index contributed by atoms with van der Waals surface area (Å²) >= 11 is 0. The van der Waals surface area contributed by atoms with E-state index < -0.39 is 11.7 Å². The number of rotatable bonds is 4. The zero-order valence-corrected chi connectivity index (χ0v) is 15.3. The maximum Gasteiger partial charge on any atom is 0.416 e. The molecule has 0 saturated carbocycles. The first-order valence-corrected chi connectivity index (χ1v) is 8.76. The second kappa shape index (κ2) is 8.33. The van der Waals surface area contributed by atoms with Gasteiger partial charge in [0.15, 0.2) is 0 Å². The van der Waals surface area contributed by atoms with Crippen molar-refractivity contribution in [3.05, 3.63) is 65.2 Å². The fourth-order valence-corrected chi connectivity index (χ4v) is 3.05. The number of halogens is 3. The van der Waals surface area contributed by atoms with Crippen LogP contribution in [0.5, 0.6) is 0 Å². The fraction of sp³-hybridized carbons (Fsp3) is 0.300. The highest BCUT2D eigenvalue weighted by Gasteiger charge is 2.31. The van der Waals surface area contributed by atoms with Crippen molar-refractivity contribution in [1.29, 1.82) is 0 Å². The molecule has 1 aliphatic rings. The number of alkyl halides is 3. The fourth-order valence-electron chi connectivity index (χ4n) is 3.05. The lowest BCUT2D eigenvalue weighted by Gasteiger charge is -2.36. The molecule has 148 valence electrons. The van der Waals surface area contributed by atoms with Crippen molar-refractivity contribution in [2.45, 2.75) is 6.18 Å². The van der Waals surface area contributed by atoms with Crippen LogP contribution in [-0.4, -0.2) is 50.3 Å². The van der Waals surface area contributed by atoms with Crippen LogP contribution in [0.3, 0.4) is 0 Å². The monoisotopic (exact) mass is 391 g/mol. The minimum Gasteiger partial charge on any atom is -0.399 e. The average molecular weight is 391 g/mol. The third-order valence-corrected chi connectivity index (χ3v) is 4.57. The quantitative estimate of drug-likeness (QED) is 0.590. The van der Waals surface area contributed by atoms with E-state index in [1.807, 2.05) is 4.90 Å². The molecule has 1 aliphatic heterocycles. The summed E-state index contributed by atoms with van der Waals surface area (Å²) in [5, 5.41) is 3.67. The van der Waals surface area contributed by atoms with Gasteiger partial charge in [-0.05, 0) is 35.9 Å². The van der Waals surface area contributed by atoms with E-state index >= 15 is 0 Å². The maximum atomic E-state index is 12.9. The molecule has 5 nitrogen and oxygen atoms in total. The van der Waals surface area contributed by atoms with E-state index in [4.69, 9.17) is 0 Å². The Bertz CT molecular complexity index is 843. The number of nitrogens with zero attached hydrogens (tertiary/aromatic N) is 3. The number of oxime groups is 1. The number of hydrogen-bond donors (Lipinski definition) is 0. The van der Waals surface area contributed by atoms with Gasteiger partial charge in [-0.3, -0.25) is 4.79 Å². The Morgan fingerprint density at radius 2 is 1.75 bits per heavy atom. The number of amides is 1. The number of carbonyl (C=O) groups is 1. The first kappa shape index (κ1) is 19.7. The van der Waals surface area contributed by atoms with Crippen molar-refractivity contribution in [3.63, 3.8) is 0 Å². The first-order valence-electron chi connectivity index (χ1n) is 8.76. The zero-order valence-electron chi connectivity index (χ0n) is 15.3. The Labute approximate surface area is 161 Å². The molecule has 0 bridgehead atoms. The third kappa shape index (κ3) is 4.62. The maximum absolute atomic E-state index is 12.9. The summed E-state index contributed by atoms with van der Waals surface area (Å²) in [5.74, 6) is -0.0982. The molecular formula is C20H20F3N3O2. The minimum absolute atomic E-state index is 0.0982. The molecule has 1 saturated heterocycles. The predicted octanol–water partition coefficient (Wildman–Crippen LogP) is 3.65. The molecule has 0 radical (unpaired) electrons. The molecule has 1 amide bonds. The van der Waals surface area contributed by atoms with Crippen LogP contribution in [-0.2, 0) is 11.0 Å². The third-order valence-electron chi connectivity index (χ3n) is 4.57. The largest absolute Gasteiger partial charge is 0.416 e. The number of carbonyl (C=O) groups excluding carboxylic acids is 1. The smallest absolute Gasteiger partial charge is 0.399 e. The van der Waals surface area contributed by atoms with E-state index in [1.54, 1.807) is 41.4 Å². The van der Waals surface area contributed by atoms with Gasteiger partial charge in [-0.1, -0.05) is 23.4 Å². The van der Waals surface area contributed by atoms with Gasteiger partial charge < -0.3 is 14.6 Å². The molecule has 0 aliphatic carbocycles. The summed E-state index contributed by atoms with van der Waals surface area (Å²) in [6.07, 6.45) is -2.82. The van der Waals surface area contributed by atoms with Crippen LogP contribution >= 0.6 is 0 Å². The lowest BCUT2D eigenvalue weighted by Crippen LogP contribution is -2.48. The Kier molecular flexibility index (Phi) is 5.87. The number of piperazine rings is 1.